The van der Waals surface area contributed by atoms with Crippen molar-refractivity contribution in [2.24, 2.45) is 11.1 Å². The van der Waals surface area contributed by atoms with Crippen LogP contribution in [0, 0.1) is 17.0 Å². The van der Waals surface area contributed by atoms with Gasteiger partial charge in [0.05, 0.1) is 0 Å². The van der Waals surface area contributed by atoms with E-state index in [0.29, 0.717) is 17.5 Å². The van der Waals surface area contributed by atoms with Crippen molar-refractivity contribution in [2.45, 2.75) is 31.1 Å². The summed E-state index contributed by atoms with van der Waals surface area (Å²) < 4.78 is 26.6. The van der Waals surface area contributed by atoms with E-state index in [1.165, 1.54) is 18.9 Å². The van der Waals surface area contributed by atoms with Gasteiger partial charge < -0.3 is 5.73 Å². The van der Waals surface area contributed by atoms with Crippen LogP contribution < -0.4 is 5.73 Å². The molecular formula is C13H15F2N. The maximum Gasteiger partial charge on any atom is 0.129 e. The molecule has 2 aliphatic rings. The van der Waals surface area contributed by atoms with Crippen LogP contribution in [0.5, 0.6) is 0 Å². The van der Waals surface area contributed by atoms with Crippen molar-refractivity contribution in [3.63, 3.8) is 0 Å². The van der Waals surface area contributed by atoms with E-state index in [1.54, 1.807) is 6.07 Å². The molecule has 0 unspecified atom stereocenters. The molecular weight excluding hydrogens is 208 g/mol. The predicted molar refractivity (Wildman–Crippen MR) is 58.0 cm³/mol. The van der Waals surface area contributed by atoms with Gasteiger partial charge in [0.15, 0.2) is 0 Å². The van der Waals surface area contributed by atoms with Crippen molar-refractivity contribution in [1.82, 2.24) is 0 Å². The van der Waals surface area contributed by atoms with E-state index >= 15 is 0 Å². The van der Waals surface area contributed by atoms with Crippen LogP contribution in [0.15, 0.2) is 18.2 Å². The third-order valence-corrected chi connectivity index (χ3v) is 4.28. The summed E-state index contributed by atoms with van der Waals surface area (Å²) in [6.07, 6.45) is 4.44. The Morgan fingerprint density at radius 3 is 2.38 bits per heavy atom. The molecule has 2 aliphatic carbocycles. The summed E-state index contributed by atoms with van der Waals surface area (Å²) in [5.74, 6) is -0.963. The smallest absolute Gasteiger partial charge is 0.129 e. The Balaban J connectivity index is 1.95. The number of nitrogens with two attached hydrogens (primary N) is 1. The van der Waals surface area contributed by atoms with Gasteiger partial charge in [-0.15, -0.1) is 0 Å². The minimum absolute atomic E-state index is 0.228. The molecule has 0 saturated heterocycles. The molecule has 1 nitrogen and oxygen atoms in total. The molecule has 86 valence electrons. The molecule has 3 rings (SSSR count). The van der Waals surface area contributed by atoms with Crippen LogP contribution >= 0.6 is 0 Å². The van der Waals surface area contributed by atoms with Crippen LogP contribution in [0.25, 0.3) is 0 Å². The van der Waals surface area contributed by atoms with Crippen LogP contribution in [0.3, 0.4) is 0 Å². The summed E-state index contributed by atoms with van der Waals surface area (Å²) >= 11 is 0. The maximum absolute atomic E-state index is 13.7. The van der Waals surface area contributed by atoms with Gasteiger partial charge in [0.2, 0.25) is 0 Å². The Bertz CT molecular complexity index is 430. The van der Waals surface area contributed by atoms with E-state index < -0.39 is 11.6 Å². The fraction of sp³-hybridized carbons (Fsp3) is 0.538. The summed E-state index contributed by atoms with van der Waals surface area (Å²) in [6.45, 7) is 0.456. The van der Waals surface area contributed by atoms with Gasteiger partial charge in [-0.2, -0.15) is 0 Å². The van der Waals surface area contributed by atoms with Crippen molar-refractivity contribution in [3.05, 3.63) is 35.4 Å². The number of rotatable bonds is 2. The average Bonchev–Trinajstić information content (AvgIpc) is 2.95. The van der Waals surface area contributed by atoms with Gasteiger partial charge in [-0.3, -0.25) is 0 Å². The number of hydrogen-bond donors (Lipinski definition) is 1. The minimum Gasteiger partial charge on any atom is -0.330 e. The second kappa shape index (κ2) is 3.04. The zero-order chi connectivity index (χ0) is 11.4. The molecule has 2 fully saturated rings. The monoisotopic (exact) mass is 223 g/mol. The highest BCUT2D eigenvalue weighted by Crippen LogP contribution is 2.68. The fourth-order valence-corrected chi connectivity index (χ4v) is 3.28. The second-order valence-corrected chi connectivity index (χ2v) is 5.46. The van der Waals surface area contributed by atoms with E-state index in [0.717, 1.165) is 18.9 Å². The summed E-state index contributed by atoms with van der Waals surface area (Å²) in [6, 6.07) is 3.85. The SMILES string of the molecule is NCC1(c2ccc(F)cc2F)CC2(CC2)C1. The number of benzene rings is 1. The van der Waals surface area contributed by atoms with Crippen LogP contribution in [0.1, 0.15) is 31.2 Å². The molecule has 2 N–H and O–H groups in total. The Morgan fingerprint density at radius 2 is 1.88 bits per heavy atom. The third-order valence-electron chi connectivity index (χ3n) is 4.28. The lowest BCUT2D eigenvalue weighted by Gasteiger charge is -2.48. The molecule has 3 heteroatoms. The summed E-state index contributed by atoms with van der Waals surface area (Å²) in [7, 11) is 0. The molecule has 16 heavy (non-hydrogen) atoms. The van der Waals surface area contributed by atoms with Crippen molar-refractivity contribution in [2.75, 3.05) is 6.54 Å². The zero-order valence-corrected chi connectivity index (χ0v) is 9.10. The lowest BCUT2D eigenvalue weighted by atomic mass is 9.56. The van der Waals surface area contributed by atoms with Gasteiger partial charge in [-0.05, 0) is 42.7 Å². The van der Waals surface area contributed by atoms with Gasteiger partial charge in [0.25, 0.3) is 0 Å². The quantitative estimate of drug-likeness (QED) is 0.819. The Kier molecular flexibility index (Phi) is 1.94. The lowest BCUT2D eigenvalue weighted by molar-refractivity contribution is 0.122. The van der Waals surface area contributed by atoms with E-state index in [1.807, 2.05) is 0 Å². The standard InChI is InChI=1S/C13H15F2N/c14-9-1-2-10(11(15)5-9)13(8-16)6-12(7-13)3-4-12/h1-2,5H,3-4,6-8,16H2. The zero-order valence-electron chi connectivity index (χ0n) is 9.10. The normalized spacial score (nSPS) is 24.2. The average molecular weight is 223 g/mol. The first-order valence-electron chi connectivity index (χ1n) is 5.75. The number of halogens is 2. The van der Waals surface area contributed by atoms with Crippen molar-refractivity contribution >= 4 is 0 Å². The number of hydrogen-bond acceptors (Lipinski definition) is 1. The van der Waals surface area contributed by atoms with Crippen molar-refractivity contribution in [1.29, 1.82) is 0 Å². The second-order valence-electron chi connectivity index (χ2n) is 5.46. The Labute approximate surface area is 93.6 Å². The first kappa shape index (κ1) is 10.2. The van der Waals surface area contributed by atoms with Crippen molar-refractivity contribution in [3.8, 4) is 0 Å². The van der Waals surface area contributed by atoms with Gasteiger partial charge >= 0.3 is 0 Å². The Morgan fingerprint density at radius 1 is 1.19 bits per heavy atom. The molecule has 1 spiro atoms. The van der Waals surface area contributed by atoms with Crippen molar-refractivity contribution < 1.29 is 8.78 Å². The van der Waals surface area contributed by atoms with E-state index in [4.69, 9.17) is 5.73 Å². The van der Waals surface area contributed by atoms with Crippen LogP contribution in [-0.4, -0.2) is 6.54 Å². The maximum atomic E-state index is 13.7. The van der Waals surface area contributed by atoms with E-state index in [-0.39, 0.29) is 5.41 Å². The van der Waals surface area contributed by atoms with Gasteiger partial charge in [-0.1, -0.05) is 6.07 Å². The molecule has 0 heterocycles. The fourth-order valence-electron chi connectivity index (χ4n) is 3.28. The molecule has 0 bridgehead atoms. The third kappa shape index (κ3) is 1.31. The first-order chi connectivity index (χ1) is 7.59. The van der Waals surface area contributed by atoms with Gasteiger partial charge in [0.1, 0.15) is 11.6 Å². The molecule has 0 amide bonds. The van der Waals surface area contributed by atoms with E-state index in [2.05, 4.69) is 0 Å². The molecule has 0 radical (unpaired) electrons. The van der Waals surface area contributed by atoms with Gasteiger partial charge in [0, 0.05) is 18.0 Å². The topological polar surface area (TPSA) is 26.0 Å². The predicted octanol–water partition coefficient (Wildman–Crippen LogP) is 2.74. The Hall–Kier alpha value is -0.960. The molecule has 0 aliphatic heterocycles. The van der Waals surface area contributed by atoms with Crippen LogP contribution in [-0.2, 0) is 5.41 Å². The summed E-state index contributed by atoms with van der Waals surface area (Å²) in [5.41, 5.74) is 6.63. The first-order valence-corrected chi connectivity index (χ1v) is 5.75. The minimum atomic E-state index is -0.520. The lowest BCUT2D eigenvalue weighted by Crippen LogP contribution is -2.48. The summed E-state index contributed by atoms with van der Waals surface area (Å²) in [5, 5.41) is 0. The van der Waals surface area contributed by atoms with Gasteiger partial charge in [-0.25, -0.2) is 8.78 Å². The largest absolute Gasteiger partial charge is 0.330 e. The van der Waals surface area contributed by atoms with E-state index in [9.17, 15) is 8.78 Å². The summed E-state index contributed by atoms with van der Waals surface area (Å²) in [4.78, 5) is 0. The molecule has 2 saturated carbocycles. The highest BCUT2D eigenvalue weighted by atomic mass is 19.1. The molecule has 1 aromatic rings. The van der Waals surface area contributed by atoms with Crippen LogP contribution in [0.2, 0.25) is 0 Å². The molecule has 0 aromatic heterocycles. The van der Waals surface area contributed by atoms with Crippen LogP contribution in [0.4, 0.5) is 8.78 Å². The highest BCUT2D eigenvalue weighted by Gasteiger charge is 2.61. The molecule has 1 aromatic carbocycles. The molecule has 0 atom stereocenters. The highest BCUT2D eigenvalue weighted by molar-refractivity contribution is 5.34.